The molecule has 6 nitrogen and oxygen atoms in total. The molecule has 1 amide bonds. The van der Waals surface area contributed by atoms with Crippen LogP contribution in [0.5, 0.6) is 0 Å². The second-order valence-corrected chi connectivity index (χ2v) is 8.56. The Morgan fingerprint density at radius 3 is 2.38 bits per heavy atom. The Morgan fingerprint density at radius 2 is 1.79 bits per heavy atom. The molecule has 0 saturated carbocycles. The van der Waals surface area contributed by atoms with Crippen LogP contribution >= 0.6 is 0 Å². The fourth-order valence-corrected chi connectivity index (χ4v) is 3.51. The molecule has 0 radical (unpaired) electrons. The number of aryl methyl sites for hydroxylation is 1. The highest BCUT2D eigenvalue weighted by atomic mass is 32.2. The minimum atomic E-state index is -3.94. The highest BCUT2D eigenvalue weighted by molar-refractivity contribution is 7.86. The molecular weight excluding hydrogens is 330 g/mol. The largest absolute Gasteiger partial charge is 0.444 e. The molecule has 0 spiro atoms. The summed E-state index contributed by atoms with van der Waals surface area (Å²) in [4.78, 5) is 13.8. The van der Waals surface area contributed by atoms with E-state index in [9.17, 15) is 13.2 Å². The van der Waals surface area contributed by atoms with Crippen molar-refractivity contribution in [3.8, 4) is 0 Å². The molecular formula is C17H25NO5S. The van der Waals surface area contributed by atoms with E-state index in [1.807, 2.05) is 6.92 Å². The van der Waals surface area contributed by atoms with Crippen molar-refractivity contribution in [2.75, 3.05) is 6.54 Å². The average molecular weight is 355 g/mol. The van der Waals surface area contributed by atoms with Crippen LogP contribution in [0.15, 0.2) is 29.2 Å². The van der Waals surface area contributed by atoms with Gasteiger partial charge in [0.05, 0.1) is 4.90 Å². The molecule has 0 aliphatic carbocycles. The molecule has 1 fully saturated rings. The molecule has 1 aromatic rings. The molecule has 0 aromatic heterocycles. The summed E-state index contributed by atoms with van der Waals surface area (Å²) in [7, 11) is -3.94. The minimum absolute atomic E-state index is 0.0859. The summed E-state index contributed by atoms with van der Waals surface area (Å²) in [6.07, 6.45) is 0.674. The third-order valence-corrected chi connectivity index (χ3v) is 4.95. The van der Waals surface area contributed by atoms with Gasteiger partial charge in [-0.3, -0.25) is 4.90 Å². The Labute approximate surface area is 143 Å². The van der Waals surface area contributed by atoms with Crippen molar-refractivity contribution >= 4 is 16.2 Å². The molecule has 1 atom stereocenters. The van der Waals surface area contributed by atoms with Gasteiger partial charge in [0.2, 0.25) is 0 Å². The lowest BCUT2D eigenvalue weighted by molar-refractivity contribution is -0.0317. The molecule has 1 aliphatic rings. The first-order chi connectivity index (χ1) is 11.1. The second kappa shape index (κ2) is 7.11. The average Bonchev–Trinajstić information content (AvgIpc) is 2.46. The maximum atomic E-state index is 12.5. The molecule has 2 rings (SSSR count). The van der Waals surface area contributed by atoms with Gasteiger partial charge >= 0.3 is 6.09 Å². The van der Waals surface area contributed by atoms with Gasteiger partial charge in [-0.25, -0.2) is 8.98 Å². The predicted molar refractivity (Wildman–Crippen MR) is 90.0 cm³/mol. The molecule has 7 heteroatoms. The monoisotopic (exact) mass is 355 g/mol. The lowest BCUT2D eigenvalue weighted by Gasteiger charge is -2.35. The van der Waals surface area contributed by atoms with Crippen molar-refractivity contribution in [2.24, 2.45) is 0 Å². The molecule has 1 aliphatic heterocycles. The van der Waals surface area contributed by atoms with E-state index in [0.29, 0.717) is 13.0 Å². The van der Waals surface area contributed by atoms with E-state index >= 15 is 0 Å². The number of rotatable bonds is 3. The van der Waals surface area contributed by atoms with Gasteiger partial charge in [0, 0.05) is 6.54 Å². The van der Waals surface area contributed by atoms with Crippen LogP contribution in [-0.4, -0.2) is 37.8 Å². The van der Waals surface area contributed by atoms with E-state index in [0.717, 1.165) is 18.4 Å². The molecule has 1 aromatic carbocycles. The van der Waals surface area contributed by atoms with E-state index < -0.39 is 28.0 Å². The Morgan fingerprint density at radius 1 is 1.17 bits per heavy atom. The van der Waals surface area contributed by atoms with Gasteiger partial charge in [0.25, 0.3) is 10.1 Å². The zero-order valence-corrected chi connectivity index (χ0v) is 15.4. The molecule has 1 heterocycles. The smallest absolute Gasteiger partial charge is 0.412 e. The van der Waals surface area contributed by atoms with Gasteiger partial charge in [-0.1, -0.05) is 17.7 Å². The summed E-state index contributed by atoms with van der Waals surface area (Å²) < 4.78 is 35.6. The summed E-state index contributed by atoms with van der Waals surface area (Å²) in [5.74, 6) is 0. The van der Waals surface area contributed by atoms with E-state index in [1.165, 1.54) is 17.0 Å². The number of nitrogens with zero attached hydrogens (tertiary/aromatic N) is 1. The zero-order chi connectivity index (χ0) is 18.0. The Balaban J connectivity index is 2.15. The number of likely N-dealkylation sites (tertiary alicyclic amines) is 1. The van der Waals surface area contributed by atoms with Crippen LogP contribution < -0.4 is 0 Å². The number of piperidine rings is 1. The highest BCUT2D eigenvalue weighted by Gasteiger charge is 2.34. The minimum Gasteiger partial charge on any atom is -0.444 e. The van der Waals surface area contributed by atoms with E-state index in [2.05, 4.69) is 0 Å². The topological polar surface area (TPSA) is 72.9 Å². The van der Waals surface area contributed by atoms with Crippen LogP contribution in [0.4, 0.5) is 4.79 Å². The maximum absolute atomic E-state index is 12.5. The lowest BCUT2D eigenvalue weighted by Crippen LogP contribution is -2.48. The van der Waals surface area contributed by atoms with Crippen LogP contribution in [0.3, 0.4) is 0 Å². The summed E-state index contributed by atoms with van der Waals surface area (Å²) in [5, 5.41) is 0. The van der Waals surface area contributed by atoms with Gasteiger partial charge < -0.3 is 4.74 Å². The van der Waals surface area contributed by atoms with Crippen LogP contribution in [-0.2, 0) is 19.0 Å². The number of benzene rings is 1. The standard InChI is InChI=1S/C17H25NO5S/c1-13-8-10-14(11-9-13)24(20,21)23-15-7-5-6-12-18(15)16(19)22-17(2,3)4/h8-11,15H,5-7,12H2,1-4H3. The number of carbonyl (C=O) groups is 1. The first-order valence-corrected chi connectivity index (χ1v) is 9.49. The fraction of sp³-hybridized carbons (Fsp3) is 0.588. The van der Waals surface area contributed by atoms with Crippen molar-refractivity contribution in [3.63, 3.8) is 0 Å². The second-order valence-electron chi connectivity index (χ2n) is 6.99. The number of hydrogen-bond acceptors (Lipinski definition) is 5. The Kier molecular flexibility index (Phi) is 5.55. The van der Waals surface area contributed by atoms with Crippen molar-refractivity contribution in [3.05, 3.63) is 29.8 Å². The normalized spacial score (nSPS) is 19.2. The van der Waals surface area contributed by atoms with Crippen LogP contribution in [0, 0.1) is 6.92 Å². The zero-order valence-electron chi connectivity index (χ0n) is 14.6. The third-order valence-electron chi connectivity index (χ3n) is 3.62. The number of hydrogen-bond donors (Lipinski definition) is 0. The fourth-order valence-electron chi connectivity index (χ4n) is 2.44. The maximum Gasteiger partial charge on any atom is 0.412 e. The van der Waals surface area contributed by atoms with Crippen LogP contribution in [0.1, 0.15) is 45.6 Å². The van der Waals surface area contributed by atoms with E-state index in [4.69, 9.17) is 8.92 Å². The Hall–Kier alpha value is -1.60. The third kappa shape index (κ3) is 4.95. The summed E-state index contributed by atoms with van der Waals surface area (Å²) in [5.41, 5.74) is 0.316. The van der Waals surface area contributed by atoms with Crippen molar-refractivity contribution in [1.82, 2.24) is 4.90 Å². The molecule has 134 valence electrons. The number of amides is 1. The highest BCUT2D eigenvalue weighted by Crippen LogP contribution is 2.25. The number of carbonyl (C=O) groups excluding carboxylic acids is 1. The van der Waals surface area contributed by atoms with Crippen LogP contribution in [0.25, 0.3) is 0 Å². The van der Waals surface area contributed by atoms with E-state index in [-0.39, 0.29) is 4.90 Å². The van der Waals surface area contributed by atoms with Gasteiger partial charge in [-0.15, -0.1) is 0 Å². The predicted octanol–water partition coefficient (Wildman–Crippen LogP) is 3.45. The number of ether oxygens (including phenoxy) is 1. The van der Waals surface area contributed by atoms with Crippen LogP contribution in [0.2, 0.25) is 0 Å². The van der Waals surface area contributed by atoms with Gasteiger partial charge in [-0.05, 0) is 59.1 Å². The van der Waals surface area contributed by atoms with Gasteiger partial charge in [-0.2, -0.15) is 8.42 Å². The Bertz CT molecular complexity index is 676. The SMILES string of the molecule is Cc1ccc(S(=O)(=O)OC2CCCCN2C(=O)OC(C)(C)C)cc1. The first-order valence-electron chi connectivity index (χ1n) is 8.08. The summed E-state index contributed by atoms with van der Waals surface area (Å²) in [6.45, 7) is 7.61. The molecule has 0 N–H and O–H groups in total. The molecule has 24 heavy (non-hydrogen) atoms. The van der Waals surface area contributed by atoms with E-state index in [1.54, 1.807) is 32.9 Å². The van der Waals surface area contributed by atoms with Crippen molar-refractivity contribution in [2.45, 2.75) is 63.7 Å². The molecule has 1 saturated heterocycles. The first kappa shape index (κ1) is 18.7. The van der Waals surface area contributed by atoms with Gasteiger partial charge in [0.1, 0.15) is 5.60 Å². The van der Waals surface area contributed by atoms with Gasteiger partial charge in [0.15, 0.2) is 6.23 Å². The molecule has 1 unspecified atom stereocenters. The van der Waals surface area contributed by atoms with Crippen molar-refractivity contribution < 1.29 is 22.1 Å². The lowest BCUT2D eigenvalue weighted by atomic mass is 10.1. The molecule has 0 bridgehead atoms. The summed E-state index contributed by atoms with van der Waals surface area (Å²) >= 11 is 0. The summed E-state index contributed by atoms with van der Waals surface area (Å²) in [6, 6.07) is 6.43. The van der Waals surface area contributed by atoms with Crippen molar-refractivity contribution in [1.29, 1.82) is 0 Å². The quantitative estimate of drug-likeness (QED) is 0.777.